The summed E-state index contributed by atoms with van der Waals surface area (Å²) in [5, 5.41) is 0.918. The molecule has 1 amide bonds. The number of fused-ring (bicyclic) bond motifs is 1. The van der Waals surface area contributed by atoms with E-state index in [1.807, 2.05) is 33.9 Å². The van der Waals surface area contributed by atoms with Crippen molar-refractivity contribution < 1.29 is 4.79 Å². The molecule has 0 fully saturated rings. The Morgan fingerprint density at radius 3 is 2.75 bits per heavy atom. The van der Waals surface area contributed by atoms with Crippen molar-refractivity contribution in [3.8, 4) is 0 Å². The van der Waals surface area contributed by atoms with Gasteiger partial charge >= 0.3 is 0 Å². The van der Waals surface area contributed by atoms with Gasteiger partial charge in [0.2, 0.25) is 0 Å². The van der Waals surface area contributed by atoms with Gasteiger partial charge in [-0.25, -0.2) is 0 Å². The van der Waals surface area contributed by atoms with Crippen LogP contribution >= 0.6 is 11.3 Å². The first kappa shape index (κ1) is 14.8. The van der Waals surface area contributed by atoms with Crippen LogP contribution in [-0.4, -0.2) is 28.9 Å². The molecule has 0 aliphatic carbocycles. The van der Waals surface area contributed by atoms with Crippen molar-refractivity contribution in [2.24, 2.45) is 0 Å². The molecular weight excluding hydrogens is 270 g/mol. The summed E-state index contributed by atoms with van der Waals surface area (Å²) >= 11 is 1.46. The monoisotopic (exact) mass is 291 g/mol. The van der Waals surface area contributed by atoms with Gasteiger partial charge in [-0.1, -0.05) is 6.92 Å². The number of pyridine rings is 1. The van der Waals surface area contributed by atoms with Gasteiger partial charge in [-0.05, 0) is 33.3 Å². The fraction of sp³-hybridized carbons (Fsp3) is 0.467. The summed E-state index contributed by atoms with van der Waals surface area (Å²) in [5.74, 6) is -0.00453. The summed E-state index contributed by atoms with van der Waals surface area (Å²) in [6.07, 6.45) is 0.923. The van der Waals surface area contributed by atoms with E-state index in [0.717, 1.165) is 27.9 Å². The van der Waals surface area contributed by atoms with Crippen LogP contribution in [0.2, 0.25) is 0 Å². The first-order chi connectivity index (χ1) is 9.36. The van der Waals surface area contributed by atoms with E-state index < -0.39 is 0 Å². The zero-order valence-corrected chi connectivity index (χ0v) is 13.5. The Morgan fingerprint density at radius 2 is 2.15 bits per heavy atom. The highest BCUT2D eigenvalue weighted by atomic mass is 32.1. The van der Waals surface area contributed by atoms with Crippen LogP contribution in [0.3, 0.4) is 0 Å². The molecule has 20 heavy (non-hydrogen) atoms. The number of nitrogens with zero attached hydrogens (tertiary/aromatic N) is 2. The summed E-state index contributed by atoms with van der Waals surface area (Å²) < 4.78 is 1.04. The van der Waals surface area contributed by atoms with Crippen LogP contribution in [0.4, 0.5) is 5.69 Å². The van der Waals surface area contributed by atoms with Gasteiger partial charge in [0.05, 0.1) is 5.69 Å². The van der Waals surface area contributed by atoms with Crippen molar-refractivity contribution in [1.29, 1.82) is 0 Å². The van der Waals surface area contributed by atoms with Gasteiger partial charge in [0.1, 0.15) is 4.88 Å². The maximum atomic E-state index is 12.6. The van der Waals surface area contributed by atoms with E-state index in [1.165, 1.54) is 11.3 Å². The number of carbonyl (C=O) groups is 1. The summed E-state index contributed by atoms with van der Waals surface area (Å²) in [7, 11) is 1.83. The minimum absolute atomic E-state index is 0.00453. The third kappa shape index (κ3) is 2.38. The predicted octanol–water partition coefficient (Wildman–Crippen LogP) is 3.37. The van der Waals surface area contributed by atoms with Crippen molar-refractivity contribution in [2.75, 3.05) is 12.8 Å². The molecule has 2 rings (SSSR count). The Morgan fingerprint density at radius 1 is 1.50 bits per heavy atom. The molecule has 2 aromatic heterocycles. The Bertz CT molecular complexity index is 663. The van der Waals surface area contributed by atoms with Crippen molar-refractivity contribution in [3.05, 3.63) is 22.3 Å². The van der Waals surface area contributed by atoms with Crippen LogP contribution in [0.1, 0.15) is 41.3 Å². The number of nitrogens with two attached hydrogens (primary N) is 1. The first-order valence-corrected chi connectivity index (χ1v) is 7.61. The largest absolute Gasteiger partial charge is 0.397 e. The summed E-state index contributed by atoms with van der Waals surface area (Å²) in [6.45, 7) is 8.00. The molecule has 0 aromatic carbocycles. The lowest BCUT2D eigenvalue weighted by atomic mass is 10.1. The van der Waals surface area contributed by atoms with Gasteiger partial charge in [-0.2, -0.15) is 0 Å². The summed E-state index contributed by atoms with van der Waals surface area (Å²) in [6, 6.07) is 2.19. The van der Waals surface area contributed by atoms with Crippen LogP contribution in [0.5, 0.6) is 0 Å². The van der Waals surface area contributed by atoms with E-state index in [9.17, 15) is 4.79 Å². The van der Waals surface area contributed by atoms with Crippen molar-refractivity contribution >= 4 is 33.0 Å². The maximum Gasteiger partial charge on any atom is 0.266 e. The number of hydrogen-bond acceptors (Lipinski definition) is 4. The van der Waals surface area contributed by atoms with Gasteiger partial charge in [0, 0.05) is 34.6 Å². The normalized spacial score (nSPS) is 12.7. The van der Waals surface area contributed by atoms with E-state index in [2.05, 4.69) is 11.9 Å². The number of nitrogen functional groups attached to an aromatic ring is 1. The number of aryl methyl sites for hydroxylation is 2. The topological polar surface area (TPSA) is 59.2 Å². The van der Waals surface area contributed by atoms with Crippen LogP contribution in [0.15, 0.2) is 6.07 Å². The second kappa shape index (κ2) is 5.40. The number of carbonyl (C=O) groups excluding carboxylic acids is 1. The molecule has 108 valence electrons. The summed E-state index contributed by atoms with van der Waals surface area (Å²) in [4.78, 5) is 19.4. The van der Waals surface area contributed by atoms with Gasteiger partial charge in [0.25, 0.3) is 5.91 Å². The van der Waals surface area contributed by atoms with Crippen LogP contribution in [0, 0.1) is 13.8 Å². The fourth-order valence-electron chi connectivity index (χ4n) is 2.27. The lowest BCUT2D eigenvalue weighted by Crippen LogP contribution is -2.34. The van der Waals surface area contributed by atoms with Gasteiger partial charge < -0.3 is 10.6 Å². The molecule has 0 radical (unpaired) electrons. The fourth-order valence-corrected chi connectivity index (χ4v) is 3.52. The quantitative estimate of drug-likeness (QED) is 0.943. The van der Waals surface area contributed by atoms with Crippen molar-refractivity contribution in [3.63, 3.8) is 0 Å². The van der Waals surface area contributed by atoms with Gasteiger partial charge in [-0.15, -0.1) is 11.3 Å². The molecule has 0 saturated carbocycles. The number of anilines is 1. The highest BCUT2D eigenvalue weighted by molar-refractivity contribution is 7.21. The molecule has 4 nitrogen and oxygen atoms in total. The lowest BCUT2D eigenvalue weighted by molar-refractivity contribution is 0.0746. The molecule has 0 spiro atoms. The van der Waals surface area contributed by atoms with E-state index in [-0.39, 0.29) is 11.9 Å². The number of hydrogen-bond donors (Lipinski definition) is 1. The minimum Gasteiger partial charge on any atom is -0.397 e. The SMILES string of the molecule is CCC(C)N(C)C(=O)c1sc2cc(C)nc(C)c2c1N. The molecule has 5 heteroatoms. The predicted molar refractivity (Wildman–Crippen MR) is 85.4 cm³/mol. The second-order valence-corrected chi connectivity index (χ2v) is 6.29. The Kier molecular flexibility index (Phi) is 3.99. The van der Waals surface area contributed by atoms with Gasteiger partial charge in [-0.3, -0.25) is 9.78 Å². The molecule has 2 aromatic rings. The molecule has 0 aliphatic rings. The zero-order valence-electron chi connectivity index (χ0n) is 12.7. The molecule has 1 unspecified atom stereocenters. The number of aromatic nitrogens is 1. The average molecular weight is 291 g/mol. The van der Waals surface area contributed by atoms with Gasteiger partial charge in [0.15, 0.2) is 0 Å². The molecular formula is C15H21N3OS. The van der Waals surface area contributed by atoms with E-state index in [1.54, 1.807) is 4.90 Å². The number of amides is 1. The highest BCUT2D eigenvalue weighted by Gasteiger charge is 2.23. The summed E-state index contributed by atoms with van der Waals surface area (Å²) in [5.41, 5.74) is 8.60. The highest BCUT2D eigenvalue weighted by Crippen LogP contribution is 2.36. The molecule has 2 N–H and O–H groups in total. The Hall–Kier alpha value is -1.62. The molecule has 0 saturated heterocycles. The van der Waals surface area contributed by atoms with E-state index >= 15 is 0 Å². The Balaban J connectivity index is 2.53. The third-order valence-electron chi connectivity index (χ3n) is 3.78. The van der Waals surface area contributed by atoms with E-state index in [0.29, 0.717) is 10.6 Å². The molecule has 0 aliphatic heterocycles. The Labute approximate surface area is 123 Å². The molecule has 0 bridgehead atoms. The van der Waals surface area contributed by atoms with Crippen molar-refractivity contribution in [2.45, 2.75) is 40.2 Å². The average Bonchev–Trinajstić information content (AvgIpc) is 2.73. The van der Waals surface area contributed by atoms with Crippen LogP contribution in [0.25, 0.3) is 10.1 Å². The lowest BCUT2D eigenvalue weighted by Gasteiger charge is -2.23. The van der Waals surface area contributed by atoms with E-state index in [4.69, 9.17) is 5.73 Å². The smallest absolute Gasteiger partial charge is 0.266 e. The standard InChI is InChI=1S/C15H21N3OS/c1-6-9(3)18(5)15(19)14-13(16)12-10(4)17-8(2)7-11(12)20-14/h7,9H,6,16H2,1-5H3. The number of rotatable bonds is 3. The van der Waals surface area contributed by atoms with Crippen LogP contribution in [-0.2, 0) is 0 Å². The number of thiophene rings is 1. The minimum atomic E-state index is -0.00453. The third-order valence-corrected chi connectivity index (χ3v) is 4.93. The molecule has 2 heterocycles. The zero-order chi connectivity index (χ0) is 15.0. The second-order valence-electron chi connectivity index (χ2n) is 5.24. The molecule has 1 atom stereocenters. The van der Waals surface area contributed by atoms with Crippen LogP contribution < -0.4 is 5.73 Å². The van der Waals surface area contributed by atoms with Crippen molar-refractivity contribution in [1.82, 2.24) is 9.88 Å². The maximum absolute atomic E-state index is 12.6. The first-order valence-electron chi connectivity index (χ1n) is 6.80.